The molecule has 0 heterocycles. The van der Waals surface area contributed by atoms with Crippen molar-refractivity contribution in [3.8, 4) is 0 Å². The predicted molar refractivity (Wildman–Crippen MR) is 84.8 cm³/mol. The van der Waals surface area contributed by atoms with Gasteiger partial charge in [0.05, 0.1) is 5.69 Å². The maximum Gasteiger partial charge on any atom is 0.245 e. The van der Waals surface area contributed by atoms with Gasteiger partial charge in [-0.1, -0.05) is 49.4 Å². The molecular formula is C16H18N2OS. The second-order valence-electron chi connectivity index (χ2n) is 4.31. The van der Waals surface area contributed by atoms with Crippen molar-refractivity contribution in [3.05, 3.63) is 60.2 Å². The SMILES string of the molecule is CCSc1ccccc1NC(=O)[C@@H](N)c1ccccc1. The van der Waals surface area contributed by atoms with E-state index in [1.165, 1.54) is 0 Å². The van der Waals surface area contributed by atoms with E-state index in [4.69, 9.17) is 5.73 Å². The highest BCUT2D eigenvalue weighted by Crippen LogP contribution is 2.27. The predicted octanol–water partition coefficient (Wildman–Crippen LogP) is 3.44. The average molecular weight is 286 g/mol. The quantitative estimate of drug-likeness (QED) is 0.828. The Balaban J connectivity index is 2.12. The number of rotatable bonds is 5. The number of hydrogen-bond donors (Lipinski definition) is 2. The van der Waals surface area contributed by atoms with Gasteiger partial charge in [-0.15, -0.1) is 11.8 Å². The first-order valence-electron chi connectivity index (χ1n) is 6.55. The molecule has 3 nitrogen and oxygen atoms in total. The number of carbonyl (C=O) groups excluding carboxylic acids is 1. The van der Waals surface area contributed by atoms with Gasteiger partial charge in [0, 0.05) is 4.90 Å². The highest BCUT2D eigenvalue weighted by atomic mass is 32.2. The fourth-order valence-electron chi connectivity index (χ4n) is 1.87. The zero-order valence-corrected chi connectivity index (χ0v) is 12.2. The number of carbonyl (C=O) groups is 1. The Morgan fingerprint density at radius 3 is 2.50 bits per heavy atom. The lowest BCUT2D eigenvalue weighted by atomic mass is 10.1. The van der Waals surface area contributed by atoms with Crippen molar-refractivity contribution in [1.82, 2.24) is 0 Å². The van der Waals surface area contributed by atoms with Crippen LogP contribution in [0.2, 0.25) is 0 Å². The lowest BCUT2D eigenvalue weighted by Gasteiger charge is -2.14. The highest BCUT2D eigenvalue weighted by molar-refractivity contribution is 7.99. The summed E-state index contributed by atoms with van der Waals surface area (Å²) >= 11 is 1.70. The van der Waals surface area contributed by atoms with Crippen molar-refractivity contribution in [2.75, 3.05) is 11.1 Å². The van der Waals surface area contributed by atoms with Gasteiger partial charge < -0.3 is 11.1 Å². The molecule has 0 aliphatic heterocycles. The molecule has 2 rings (SSSR count). The summed E-state index contributed by atoms with van der Waals surface area (Å²) in [5.74, 6) is 0.762. The summed E-state index contributed by atoms with van der Waals surface area (Å²) in [7, 11) is 0. The van der Waals surface area contributed by atoms with Crippen LogP contribution in [0.3, 0.4) is 0 Å². The zero-order valence-electron chi connectivity index (χ0n) is 11.4. The number of para-hydroxylation sites is 1. The molecule has 0 fully saturated rings. The minimum absolute atomic E-state index is 0.194. The molecule has 0 aliphatic carbocycles. The molecule has 4 heteroatoms. The van der Waals surface area contributed by atoms with E-state index >= 15 is 0 Å². The van der Waals surface area contributed by atoms with E-state index in [2.05, 4.69) is 12.2 Å². The van der Waals surface area contributed by atoms with Gasteiger partial charge in [-0.05, 0) is 23.4 Å². The summed E-state index contributed by atoms with van der Waals surface area (Å²) in [6.45, 7) is 2.08. The molecule has 0 spiro atoms. The second kappa shape index (κ2) is 7.12. The fraction of sp³-hybridized carbons (Fsp3) is 0.188. The molecule has 2 aromatic rings. The Morgan fingerprint density at radius 1 is 1.15 bits per heavy atom. The van der Waals surface area contributed by atoms with Crippen LogP contribution in [-0.4, -0.2) is 11.7 Å². The fourth-order valence-corrected chi connectivity index (χ4v) is 2.63. The number of hydrogen-bond acceptors (Lipinski definition) is 3. The number of nitrogens with one attached hydrogen (secondary N) is 1. The first kappa shape index (κ1) is 14.6. The molecule has 0 saturated carbocycles. The number of thioether (sulfide) groups is 1. The van der Waals surface area contributed by atoms with Crippen LogP contribution in [0.15, 0.2) is 59.5 Å². The smallest absolute Gasteiger partial charge is 0.245 e. The van der Waals surface area contributed by atoms with Gasteiger partial charge in [0.1, 0.15) is 6.04 Å². The van der Waals surface area contributed by atoms with Crippen LogP contribution in [0.1, 0.15) is 18.5 Å². The van der Waals surface area contributed by atoms with Crippen molar-refractivity contribution >= 4 is 23.4 Å². The number of amides is 1. The Hall–Kier alpha value is -1.78. The molecule has 1 amide bonds. The third kappa shape index (κ3) is 3.62. The van der Waals surface area contributed by atoms with Crippen LogP contribution in [0.4, 0.5) is 5.69 Å². The van der Waals surface area contributed by atoms with Gasteiger partial charge in [0.15, 0.2) is 0 Å². The van der Waals surface area contributed by atoms with Crippen molar-refractivity contribution in [2.24, 2.45) is 5.73 Å². The standard InChI is InChI=1S/C16H18N2OS/c1-2-20-14-11-7-6-10-13(14)18-16(19)15(17)12-8-4-3-5-9-12/h3-11,15H,2,17H2,1H3,(H,18,19)/t15-/m0/s1. The third-order valence-electron chi connectivity index (χ3n) is 2.89. The number of benzene rings is 2. The molecule has 0 bridgehead atoms. The topological polar surface area (TPSA) is 55.1 Å². The Morgan fingerprint density at radius 2 is 1.80 bits per heavy atom. The maximum absolute atomic E-state index is 12.2. The van der Waals surface area contributed by atoms with E-state index in [-0.39, 0.29) is 5.91 Å². The summed E-state index contributed by atoms with van der Waals surface area (Å²) in [6, 6.07) is 16.5. The molecule has 3 N–H and O–H groups in total. The van der Waals surface area contributed by atoms with Crippen molar-refractivity contribution in [3.63, 3.8) is 0 Å². The van der Waals surface area contributed by atoms with Gasteiger partial charge in [0.2, 0.25) is 5.91 Å². The van der Waals surface area contributed by atoms with Crippen LogP contribution in [0.5, 0.6) is 0 Å². The molecular weight excluding hydrogens is 268 g/mol. The van der Waals surface area contributed by atoms with Crippen LogP contribution in [0.25, 0.3) is 0 Å². The molecule has 0 aliphatic rings. The first-order valence-corrected chi connectivity index (χ1v) is 7.54. The summed E-state index contributed by atoms with van der Waals surface area (Å²) in [5, 5.41) is 2.91. The molecule has 104 valence electrons. The normalized spacial score (nSPS) is 11.9. The van der Waals surface area contributed by atoms with E-state index < -0.39 is 6.04 Å². The Bertz CT molecular complexity index is 572. The lowest BCUT2D eigenvalue weighted by molar-refractivity contribution is -0.117. The van der Waals surface area contributed by atoms with Crippen LogP contribution >= 0.6 is 11.8 Å². The third-order valence-corrected chi connectivity index (χ3v) is 3.84. The van der Waals surface area contributed by atoms with Crippen molar-refractivity contribution in [1.29, 1.82) is 0 Å². The van der Waals surface area contributed by atoms with Crippen LogP contribution in [-0.2, 0) is 4.79 Å². The number of anilines is 1. The molecule has 0 unspecified atom stereocenters. The summed E-state index contributed by atoms with van der Waals surface area (Å²) < 4.78 is 0. The van der Waals surface area contributed by atoms with Crippen LogP contribution < -0.4 is 11.1 Å². The van der Waals surface area contributed by atoms with Gasteiger partial charge in [-0.2, -0.15) is 0 Å². The lowest BCUT2D eigenvalue weighted by Crippen LogP contribution is -2.27. The molecule has 0 saturated heterocycles. The molecule has 2 aromatic carbocycles. The van der Waals surface area contributed by atoms with E-state index in [1.807, 2.05) is 54.6 Å². The summed E-state index contributed by atoms with van der Waals surface area (Å²) in [4.78, 5) is 13.3. The minimum atomic E-state index is -0.657. The summed E-state index contributed by atoms with van der Waals surface area (Å²) in [6.07, 6.45) is 0. The van der Waals surface area contributed by atoms with Gasteiger partial charge in [-0.25, -0.2) is 0 Å². The maximum atomic E-state index is 12.2. The van der Waals surface area contributed by atoms with E-state index in [0.29, 0.717) is 0 Å². The monoisotopic (exact) mass is 286 g/mol. The average Bonchev–Trinajstić information content (AvgIpc) is 2.49. The zero-order chi connectivity index (χ0) is 14.4. The Kier molecular flexibility index (Phi) is 5.21. The highest BCUT2D eigenvalue weighted by Gasteiger charge is 2.16. The van der Waals surface area contributed by atoms with Gasteiger partial charge >= 0.3 is 0 Å². The molecule has 0 aromatic heterocycles. The molecule has 0 radical (unpaired) electrons. The van der Waals surface area contributed by atoms with E-state index in [1.54, 1.807) is 11.8 Å². The van der Waals surface area contributed by atoms with E-state index in [0.717, 1.165) is 21.9 Å². The van der Waals surface area contributed by atoms with Crippen LogP contribution in [0, 0.1) is 0 Å². The molecule has 20 heavy (non-hydrogen) atoms. The minimum Gasteiger partial charge on any atom is -0.323 e. The van der Waals surface area contributed by atoms with Gasteiger partial charge in [-0.3, -0.25) is 4.79 Å². The molecule has 1 atom stereocenters. The second-order valence-corrected chi connectivity index (χ2v) is 5.61. The van der Waals surface area contributed by atoms with E-state index in [9.17, 15) is 4.79 Å². The largest absolute Gasteiger partial charge is 0.323 e. The van der Waals surface area contributed by atoms with Gasteiger partial charge in [0.25, 0.3) is 0 Å². The summed E-state index contributed by atoms with van der Waals surface area (Å²) in [5.41, 5.74) is 7.62. The van der Waals surface area contributed by atoms with Crippen molar-refractivity contribution in [2.45, 2.75) is 17.9 Å². The Labute approximate surface area is 123 Å². The van der Waals surface area contributed by atoms with Crippen molar-refractivity contribution < 1.29 is 4.79 Å². The first-order chi connectivity index (χ1) is 9.72. The number of nitrogens with two attached hydrogens (primary N) is 1.